The molecular weight excluding hydrogens is 639 g/mol. The molecule has 1 fully saturated rings. The number of anilines is 2. The number of fused-ring (bicyclic) bond motifs is 2. The van der Waals surface area contributed by atoms with Gasteiger partial charge >= 0.3 is 6.03 Å². The summed E-state index contributed by atoms with van der Waals surface area (Å²) in [6.45, 7) is 10.5. The van der Waals surface area contributed by atoms with Gasteiger partial charge in [0.1, 0.15) is 23.5 Å². The van der Waals surface area contributed by atoms with E-state index in [0.717, 1.165) is 82.6 Å². The van der Waals surface area contributed by atoms with Crippen LogP contribution in [0.25, 0.3) is 22.7 Å². The monoisotopic (exact) mass is 681 g/mol. The van der Waals surface area contributed by atoms with Crippen molar-refractivity contribution in [3.8, 4) is 22.8 Å². The van der Waals surface area contributed by atoms with Gasteiger partial charge in [-0.2, -0.15) is 5.10 Å². The van der Waals surface area contributed by atoms with Crippen LogP contribution in [-0.4, -0.2) is 48.5 Å². The van der Waals surface area contributed by atoms with Gasteiger partial charge in [0.25, 0.3) is 0 Å². The minimum atomic E-state index is -0.280. The second-order valence-corrected chi connectivity index (χ2v) is 14.6. The average Bonchev–Trinajstić information content (AvgIpc) is 3.91. The van der Waals surface area contributed by atoms with E-state index in [0.29, 0.717) is 5.82 Å². The first-order chi connectivity index (χ1) is 24.7. The standard InChI is InChI=1S/C40H43N9O2/c1-26-11-13-28(14-12-26)49-37(24-34(46-49)40(2,3)4)43-39(50)42-32-16-17-33(31-10-6-5-9-30(31)32)51-29-15-18-35-44-45-38(48(35)25-29)27-19-20-41-36(23-27)47-21-7-8-22-47/h5-6,9-15,18-20,23-25,32-33H,7-8,16-17,21-22H2,1-4H3,(H2,42,43,50)/t32-,33+/m0/s1. The third-order valence-corrected chi connectivity index (χ3v) is 9.83. The number of hydrogen-bond acceptors (Lipinski definition) is 7. The fourth-order valence-electron chi connectivity index (χ4n) is 7.03. The molecule has 2 amide bonds. The third-order valence-electron chi connectivity index (χ3n) is 9.83. The Morgan fingerprint density at radius 2 is 1.69 bits per heavy atom. The lowest BCUT2D eigenvalue weighted by molar-refractivity contribution is 0.171. The number of aryl methyl sites for hydroxylation is 1. The van der Waals surface area contributed by atoms with Crippen molar-refractivity contribution in [2.45, 2.75) is 70.9 Å². The fourth-order valence-corrected chi connectivity index (χ4v) is 7.03. The minimum Gasteiger partial charge on any atom is -0.484 e. The molecule has 51 heavy (non-hydrogen) atoms. The molecule has 260 valence electrons. The zero-order valence-corrected chi connectivity index (χ0v) is 29.5. The van der Waals surface area contributed by atoms with E-state index in [1.165, 1.54) is 12.8 Å². The van der Waals surface area contributed by atoms with Gasteiger partial charge in [0.2, 0.25) is 0 Å². The minimum absolute atomic E-state index is 0.178. The molecule has 0 spiro atoms. The molecule has 1 saturated heterocycles. The molecule has 0 radical (unpaired) electrons. The van der Waals surface area contributed by atoms with Crippen molar-refractivity contribution < 1.29 is 9.53 Å². The number of rotatable bonds is 7. The van der Waals surface area contributed by atoms with Crippen LogP contribution in [0.2, 0.25) is 0 Å². The van der Waals surface area contributed by atoms with Gasteiger partial charge in [-0.3, -0.25) is 9.72 Å². The van der Waals surface area contributed by atoms with Gasteiger partial charge in [0.05, 0.1) is 23.6 Å². The molecular formula is C40H43N9O2. The zero-order valence-electron chi connectivity index (χ0n) is 29.5. The lowest BCUT2D eigenvalue weighted by Crippen LogP contribution is -2.36. The van der Waals surface area contributed by atoms with Crippen LogP contribution in [-0.2, 0) is 5.41 Å². The van der Waals surface area contributed by atoms with Crippen molar-refractivity contribution in [3.05, 3.63) is 114 Å². The number of nitrogens with one attached hydrogen (secondary N) is 2. The first-order valence-electron chi connectivity index (χ1n) is 17.8. The largest absolute Gasteiger partial charge is 0.484 e. The highest BCUT2D eigenvalue weighted by atomic mass is 16.5. The van der Waals surface area contributed by atoms with E-state index in [9.17, 15) is 4.79 Å². The molecule has 2 aliphatic rings. The highest BCUT2D eigenvalue weighted by molar-refractivity contribution is 5.89. The average molecular weight is 682 g/mol. The molecule has 0 unspecified atom stereocenters. The smallest absolute Gasteiger partial charge is 0.320 e. The Morgan fingerprint density at radius 3 is 2.47 bits per heavy atom. The number of benzene rings is 2. The van der Waals surface area contributed by atoms with Gasteiger partial charge in [-0.1, -0.05) is 62.7 Å². The van der Waals surface area contributed by atoms with E-state index in [1.807, 2.05) is 77.5 Å². The van der Waals surface area contributed by atoms with Gasteiger partial charge in [0, 0.05) is 36.3 Å². The van der Waals surface area contributed by atoms with E-state index in [-0.39, 0.29) is 23.6 Å². The van der Waals surface area contributed by atoms with Gasteiger partial charge in [-0.25, -0.2) is 14.5 Å². The normalized spacial score (nSPS) is 17.4. The van der Waals surface area contributed by atoms with Crippen LogP contribution in [0.1, 0.15) is 81.0 Å². The maximum atomic E-state index is 13.6. The quantitative estimate of drug-likeness (QED) is 0.176. The van der Waals surface area contributed by atoms with Crippen molar-refractivity contribution in [1.29, 1.82) is 0 Å². The molecule has 2 N–H and O–H groups in total. The van der Waals surface area contributed by atoms with Crippen LogP contribution >= 0.6 is 0 Å². The number of pyridine rings is 2. The fraction of sp³-hybridized carbons (Fsp3) is 0.325. The van der Waals surface area contributed by atoms with E-state index < -0.39 is 0 Å². The summed E-state index contributed by atoms with van der Waals surface area (Å²) in [5.74, 6) is 3.06. The maximum absolute atomic E-state index is 13.6. The summed E-state index contributed by atoms with van der Waals surface area (Å²) in [6.07, 6.45) is 7.45. The predicted molar refractivity (Wildman–Crippen MR) is 199 cm³/mol. The highest BCUT2D eigenvalue weighted by Gasteiger charge is 2.30. The Morgan fingerprint density at radius 1 is 0.902 bits per heavy atom. The lowest BCUT2D eigenvalue weighted by Gasteiger charge is -2.32. The Hall–Kier alpha value is -5.71. The lowest BCUT2D eigenvalue weighted by atomic mass is 9.85. The molecule has 0 saturated carbocycles. The predicted octanol–water partition coefficient (Wildman–Crippen LogP) is 7.96. The summed E-state index contributed by atoms with van der Waals surface area (Å²) in [5, 5.41) is 20.2. The Kier molecular flexibility index (Phi) is 8.41. The van der Waals surface area contributed by atoms with Crippen molar-refractivity contribution in [1.82, 2.24) is 34.7 Å². The summed E-state index contributed by atoms with van der Waals surface area (Å²) in [6, 6.07) is 25.8. The van der Waals surface area contributed by atoms with Gasteiger partial charge < -0.3 is 15.0 Å². The second-order valence-electron chi connectivity index (χ2n) is 14.6. The van der Waals surface area contributed by atoms with Crippen molar-refractivity contribution >= 4 is 23.3 Å². The molecule has 11 heteroatoms. The van der Waals surface area contributed by atoms with E-state index >= 15 is 0 Å². The van der Waals surface area contributed by atoms with Gasteiger partial charge in [0.15, 0.2) is 11.5 Å². The van der Waals surface area contributed by atoms with E-state index in [4.69, 9.17) is 9.84 Å². The van der Waals surface area contributed by atoms with E-state index in [1.54, 1.807) is 4.68 Å². The van der Waals surface area contributed by atoms with Gasteiger partial charge in [-0.15, -0.1) is 10.2 Å². The Bertz CT molecular complexity index is 2190. The van der Waals surface area contributed by atoms with E-state index in [2.05, 4.69) is 76.6 Å². The van der Waals surface area contributed by atoms with Crippen LogP contribution in [0.15, 0.2) is 91.3 Å². The van der Waals surface area contributed by atoms with Crippen LogP contribution in [0, 0.1) is 6.92 Å². The van der Waals surface area contributed by atoms with Crippen molar-refractivity contribution in [3.63, 3.8) is 0 Å². The summed E-state index contributed by atoms with van der Waals surface area (Å²) >= 11 is 0. The summed E-state index contributed by atoms with van der Waals surface area (Å²) in [5.41, 5.74) is 6.57. The van der Waals surface area contributed by atoms with Crippen LogP contribution in [0.3, 0.4) is 0 Å². The molecule has 0 bridgehead atoms. The molecule has 2 aromatic carbocycles. The number of carbonyl (C=O) groups is 1. The molecule has 1 aliphatic carbocycles. The Labute approximate surface area is 297 Å². The highest BCUT2D eigenvalue weighted by Crippen LogP contribution is 2.39. The first-order valence-corrected chi connectivity index (χ1v) is 17.8. The summed E-state index contributed by atoms with van der Waals surface area (Å²) in [7, 11) is 0. The molecule has 6 aromatic rings. The summed E-state index contributed by atoms with van der Waals surface area (Å²) in [4.78, 5) is 20.5. The van der Waals surface area contributed by atoms with Gasteiger partial charge in [-0.05, 0) is 80.1 Å². The van der Waals surface area contributed by atoms with Crippen molar-refractivity contribution in [2.75, 3.05) is 23.3 Å². The molecule has 5 heterocycles. The van der Waals surface area contributed by atoms with Crippen LogP contribution < -0.4 is 20.3 Å². The second kappa shape index (κ2) is 13.2. The number of hydrogen-bond donors (Lipinski definition) is 2. The van der Waals surface area contributed by atoms with Crippen LogP contribution in [0.5, 0.6) is 5.75 Å². The molecule has 11 nitrogen and oxygen atoms in total. The molecule has 4 aromatic heterocycles. The molecule has 1 aliphatic heterocycles. The third kappa shape index (κ3) is 6.63. The summed E-state index contributed by atoms with van der Waals surface area (Å²) < 4.78 is 10.5. The molecule has 8 rings (SSSR count). The first kappa shape index (κ1) is 32.5. The van der Waals surface area contributed by atoms with Crippen molar-refractivity contribution in [2.24, 2.45) is 0 Å². The SMILES string of the molecule is Cc1ccc(-n2nc(C(C)(C)C)cc2NC(=O)N[C@H]2CC[C@@H](Oc3ccc4nnc(-c5ccnc(N6CCCC6)c5)n4c3)c3ccccc32)cc1. The number of urea groups is 1. The number of carbonyl (C=O) groups excluding carboxylic acids is 1. The number of ether oxygens (including phenoxy) is 1. The maximum Gasteiger partial charge on any atom is 0.320 e. The number of nitrogens with zero attached hydrogens (tertiary/aromatic N) is 7. The number of amides is 2. The number of aromatic nitrogens is 6. The Balaban J connectivity index is 1.00. The van der Waals surface area contributed by atoms with Crippen LogP contribution in [0.4, 0.5) is 16.4 Å². The topological polar surface area (TPSA) is 114 Å². The molecule has 2 atom stereocenters. The zero-order chi connectivity index (χ0) is 35.1.